The van der Waals surface area contributed by atoms with Crippen LogP contribution in [-0.4, -0.2) is 24.0 Å². The first kappa shape index (κ1) is 22.1. The molecule has 0 saturated carbocycles. The third-order valence-corrected chi connectivity index (χ3v) is 3.85. The Morgan fingerprint density at radius 1 is 1.16 bits per heavy atom. The molecule has 1 aromatic carbocycles. The number of nitrogens with one attached hydrogen (secondary N) is 2. The Bertz CT molecular complexity index is 679. The second-order valence-electron chi connectivity index (χ2n) is 5.40. The summed E-state index contributed by atoms with van der Waals surface area (Å²) in [5, 5.41) is 7.78. The van der Waals surface area contributed by atoms with E-state index in [9.17, 15) is 0 Å². The van der Waals surface area contributed by atoms with Gasteiger partial charge in [0.25, 0.3) is 0 Å². The van der Waals surface area contributed by atoms with Crippen molar-refractivity contribution in [1.82, 2.24) is 15.6 Å². The Balaban J connectivity index is 0.00000312. The van der Waals surface area contributed by atoms with Crippen LogP contribution in [0.25, 0.3) is 0 Å². The number of hydrogen-bond donors (Lipinski definition) is 2. The number of benzene rings is 1. The van der Waals surface area contributed by atoms with E-state index in [1.54, 1.807) is 6.07 Å². The first-order valence-electron chi connectivity index (χ1n) is 7.88. The van der Waals surface area contributed by atoms with Crippen LogP contribution in [0.4, 0.5) is 0 Å². The van der Waals surface area contributed by atoms with Crippen LogP contribution < -0.4 is 10.6 Å². The number of guanidine groups is 1. The zero-order chi connectivity index (χ0) is 17.5. The highest BCUT2D eigenvalue weighted by Gasteiger charge is 2.05. The maximum Gasteiger partial charge on any atom is 0.216 e. The van der Waals surface area contributed by atoms with Gasteiger partial charge in [-0.15, -0.1) is 24.0 Å². The molecule has 0 spiro atoms. The lowest BCUT2D eigenvalue weighted by atomic mass is 10.1. The lowest BCUT2D eigenvalue weighted by molar-refractivity contribution is 0.473. The molecule has 1 aromatic heterocycles. The maximum atomic E-state index is 6.02. The van der Waals surface area contributed by atoms with Crippen LogP contribution in [0.1, 0.15) is 29.8 Å². The molecular weight excluding hydrogens is 474 g/mol. The van der Waals surface area contributed by atoms with Crippen LogP contribution in [0.2, 0.25) is 10.0 Å². The topological polar surface area (TPSA) is 62.5 Å². The summed E-state index contributed by atoms with van der Waals surface area (Å²) >= 11 is 12.0. The highest BCUT2D eigenvalue weighted by Crippen LogP contribution is 2.19. The average Bonchev–Trinajstić information content (AvgIpc) is 2.82. The van der Waals surface area contributed by atoms with Crippen LogP contribution >= 0.6 is 47.2 Å². The SMILES string of the molecule is CCNC(=NCc1nc(C)c(C)o1)NCCc1cc(Cl)cc(Cl)c1.I. The zero-order valence-electron chi connectivity index (χ0n) is 14.5. The number of oxazole rings is 1. The molecule has 0 bridgehead atoms. The van der Waals surface area contributed by atoms with Crippen molar-refractivity contribution in [3.8, 4) is 0 Å². The van der Waals surface area contributed by atoms with Crippen molar-refractivity contribution in [2.75, 3.05) is 13.1 Å². The fourth-order valence-electron chi connectivity index (χ4n) is 2.18. The number of hydrogen-bond acceptors (Lipinski definition) is 3. The van der Waals surface area contributed by atoms with Crippen molar-refractivity contribution in [2.24, 2.45) is 4.99 Å². The van der Waals surface area contributed by atoms with Crippen molar-refractivity contribution in [3.05, 3.63) is 51.2 Å². The fourth-order valence-corrected chi connectivity index (χ4v) is 2.75. The molecule has 0 aliphatic rings. The van der Waals surface area contributed by atoms with Gasteiger partial charge in [0, 0.05) is 23.1 Å². The summed E-state index contributed by atoms with van der Waals surface area (Å²) in [6.45, 7) is 7.73. The molecule has 0 aliphatic heterocycles. The summed E-state index contributed by atoms with van der Waals surface area (Å²) in [5.41, 5.74) is 1.98. The molecular formula is C17H23Cl2IN4O. The molecule has 0 aliphatic carbocycles. The highest BCUT2D eigenvalue weighted by molar-refractivity contribution is 14.0. The van der Waals surface area contributed by atoms with Crippen molar-refractivity contribution >= 4 is 53.1 Å². The molecule has 1 heterocycles. The second-order valence-corrected chi connectivity index (χ2v) is 6.27. The minimum absolute atomic E-state index is 0. The van der Waals surface area contributed by atoms with E-state index in [4.69, 9.17) is 27.6 Å². The van der Waals surface area contributed by atoms with Crippen LogP contribution in [0.5, 0.6) is 0 Å². The predicted molar refractivity (Wildman–Crippen MR) is 114 cm³/mol. The molecule has 8 heteroatoms. The molecule has 0 atom stereocenters. The zero-order valence-corrected chi connectivity index (χ0v) is 18.4. The van der Waals surface area contributed by atoms with E-state index >= 15 is 0 Å². The van der Waals surface area contributed by atoms with Gasteiger partial charge >= 0.3 is 0 Å². The summed E-state index contributed by atoms with van der Waals surface area (Å²) in [6.07, 6.45) is 0.794. The Morgan fingerprint density at radius 2 is 1.84 bits per heavy atom. The van der Waals surface area contributed by atoms with E-state index in [-0.39, 0.29) is 24.0 Å². The van der Waals surface area contributed by atoms with Crippen LogP contribution in [0.15, 0.2) is 27.6 Å². The summed E-state index contributed by atoms with van der Waals surface area (Å²) < 4.78 is 5.54. The predicted octanol–water partition coefficient (Wildman–Crippen LogP) is 4.51. The highest BCUT2D eigenvalue weighted by atomic mass is 127. The van der Waals surface area contributed by atoms with Crippen LogP contribution in [0, 0.1) is 13.8 Å². The van der Waals surface area contributed by atoms with Gasteiger partial charge in [0.2, 0.25) is 5.89 Å². The molecule has 0 unspecified atom stereocenters. The fraction of sp³-hybridized carbons (Fsp3) is 0.412. The first-order valence-corrected chi connectivity index (χ1v) is 8.63. The van der Waals surface area contributed by atoms with Gasteiger partial charge in [0.1, 0.15) is 12.3 Å². The van der Waals surface area contributed by atoms with Crippen molar-refractivity contribution in [2.45, 2.75) is 33.7 Å². The lowest BCUT2D eigenvalue weighted by Gasteiger charge is -2.11. The van der Waals surface area contributed by atoms with Crippen molar-refractivity contribution in [3.63, 3.8) is 0 Å². The summed E-state index contributed by atoms with van der Waals surface area (Å²) in [7, 11) is 0. The molecule has 2 N–H and O–H groups in total. The van der Waals surface area contributed by atoms with Gasteiger partial charge < -0.3 is 15.1 Å². The van der Waals surface area contributed by atoms with Crippen LogP contribution in [-0.2, 0) is 13.0 Å². The molecule has 138 valence electrons. The Kier molecular flexibility index (Phi) is 9.60. The van der Waals surface area contributed by atoms with Gasteiger partial charge in [-0.3, -0.25) is 0 Å². The Labute approximate surface area is 175 Å². The Hall–Kier alpha value is -0.990. The quantitative estimate of drug-likeness (QED) is 0.351. The van der Waals surface area contributed by atoms with Crippen LogP contribution in [0.3, 0.4) is 0 Å². The van der Waals surface area contributed by atoms with E-state index in [2.05, 4.69) is 20.6 Å². The molecule has 0 amide bonds. The van der Waals surface area contributed by atoms with E-state index in [0.29, 0.717) is 29.0 Å². The number of aryl methyl sites for hydroxylation is 2. The molecule has 0 fully saturated rings. The van der Waals surface area contributed by atoms with E-state index in [0.717, 1.165) is 35.9 Å². The van der Waals surface area contributed by atoms with E-state index in [1.807, 2.05) is 32.9 Å². The van der Waals surface area contributed by atoms with Crippen molar-refractivity contribution in [1.29, 1.82) is 0 Å². The molecule has 0 saturated heterocycles. The third-order valence-electron chi connectivity index (χ3n) is 3.42. The monoisotopic (exact) mass is 496 g/mol. The number of aliphatic imine (C=N–C) groups is 1. The molecule has 5 nitrogen and oxygen atoms in total. The largest absolute Gasteiger partial charge is 0.444 e. The van der Waals surface area contributed by atoms with Gasteiger partial charge in [0.15, 0.2) is 5.96 Å². The van der Waals surface area contributed by atoms with Gasteiger partial charge in [-0.25, -0.2) is 9.98 Å². The lowest BCUT2D eigenvalue weighted by Crippen LogP contribution is -2.38. The standard InChI is InChI=1S/C17H22Cl2N4O.HI/c1-4-20-17(22-10-16-23-11(2)12(3)24-16)21-6-5-13-7-14(18)9-15(19)8-13;/h7-9H,4-6,10H2,1-3H3,(H2,20,21,22);1H. The molecule has 25 heavy (non-hydrogen) atoms. The number of nitrogens with zero attached hydrogens (tertiary/aromatic N) is 2. The maximum absolute atomic E-state index is 6.02. The third kappa shape index (κ3) is 7.42. The number of halogens is 3. The number of rotatable bonds is 6. The minimum atomic E-state index is 0. The second kappa shape index (κ2) is 10.9. The van der Waals surface area contributed by atoms with E-state index in [1.165, 1.54) is 0 Å². The minimum Gasteiger partial charge on any atom is -0.444 e. The van der Waals surface area contributed by atoms with Gasteiger partial charge in [-0.2, -0.15) is 0 Å². The summed E-state index contributed by atoms with van der Waals surface area (Å²) in [5.74, 6) is 2.17. The van der Waals surface area contributed by atoms with Gasteiger partial charge in [-0.05, 0) is 51.0 Å². The molecule has 0 radical (unpaired) electrons. The van der Waals surface area contributed by atoms with Gasteiger partial charge in [0.05, 0.1) is 5.69 Å². The summed E-state index contributed by atoms with van der Waals surface area (Å²) in [6, 6.07) is 5.56. The first-order chi connectivity index (χ1) is 11.5. The van der Waals surface area contributed by atoms with Gasteiger partial charge in [-0.1, -0.05) is 23.2 Å². The normalized spacial score (nSPS) is 11.2. The summed E-state index contributed by atoms with van der Waals surface area (Å²) in [4.78, 5) is 8.82. The Morgan fingerprint density at radius 3 is 2.40 bits per heavy atom. The van der Waals surface area contributed by atoms with E-state index < -0.39 is 0 Å². The molecule has 2 rings (SSSR count). The molecule has 2 aromatic rings. The smallest absolute Gasteiger partial charge is 0.216 e. The number of aromatic nitrogens is 1. The van der Waals surface area contributed by atoms with Crippen molar-refractivity contribution < 1.29 is 4.42 Å². The average molecular weight is 497 g/mol.